The van der Waals surface area contributed by atoms with E-state index in [0.29, 0.717) is 17.2 Å². The number of rotatable bonds is 4. The van der Waals surface area contributed by atoms with Crippen molar-refractivity contribution in [3.8, 4) is 6.07 Å². The molecule has 0 aliphatic carbocycles. The van der Waals surface area contributed by atoms with Gasteiger partial charge in [-0.05, 0) is 46.2 Å². The second-order valence-corrected chi connectivity index (χ2v) is 6.70. The number of aromatic amines is 1. The molecule has 25 heavy (non-hydrogen) atoms. The van der Waals surface area contributed by atoms with Crippen molar-refractivity contribution in [1.82, 2.24) is 15.1 Å². The number of carbonyl (C=O) groups excluding carboxylic acids is 1. The molecule has 1 fully saturated rings. The summed E-state index contributed by atoms with van der Waals surface area (Å²) in [5.74, 6) is 1.08. The largest absolute Gasteiger partial charge is 0.444 e. The van der Waals surface area contributed by atoms with Gasteiger partial charge < -0.3 is 4.42 Å². The maximum absolute atomic E-state index is 12.4. The lowest BCUT2D eigenvalue weighted by Crippen LogP contribution is -2.39. The molecule has 2 N–H and O–H groups in total. The van der Waals surface area contributed by atoms with Gasteiger partial charge in [0.2, 0.25) is 11.8 Å². The van der Waals surface area contributed by atoms with Crippen molar-refractivity contribution in [2.75, 3.05) is 25.0 Å². The minimum Gasteiger partial charge on any atom is -0.444 e. The third-order valence-corrected chi connectivity index (χ3v) is 4.77. The predicted octanol–water partition coefficient (Wildman–Crippen LogP) is 2.62. The third kappa shape index (κ3) is 3.74. The number of carbonyl (C=O) groups is 1. The summed E-state index contributed by atoms with van der Waals surface area (Å²) in [4.78, 5) is 14.5. The van der Waals surface area contributed by atoms with Crippen LogP contribution in [-0.2, 0) is 4.79 Å². The van der Waals surface area contributed by atoms with Gasteiger partial charge in [-0.25, -0.2) is 0 Å². The van der Waals surface area contributed by atoms with E-state index in [1.54, 1.807) is 6.92 Å². The van der Waals surface area contributed by atoms with Gasteiger partial charge in [0.1, 0.15) is 17.4 Å². The van der Waals surface area contributed by atoms with Crippen molar-refractivity contribution in [3.63, 3.8) is 0 Å². The molecular formula is C18H23N5O2. The number of aryl methyl sites for hydroxylation is 2. The average Bonchev–Trinajstić information content (AvgIpc) is 3.12. The molecular weight excluding hydrogens is 318 g/mol. The number of nitrogens with one attached hydrogen (secondary N) is 2. The molecule has 0 radical (unpaired) electrons. The van der Waals surface area contributed by atoms with Crippen molar-refractivity contribution in [1.29, 1.82) is 5.26 Å². The topological polar surface area (TPSA) is 98.0 Å². The van der Waals surface area contributed by atoms with E-state index >= 15 is 0 Å². The van der Waals surface area contributed by atoms with Crippen LogP contribution in [0.5, 0.6) is 0 Å². The monoisotopic (exact) mass is 341 g/mol. The number of hydrogen-bond acceptors (Lipinski definition) is 5. The van der Waals surface area contributed by atoms with E-state index in [1.165, 1.54) is 0 Å². The zero-order valence-corrected chi connectivity index (χ0v) is 14.8. The molecule has 1 amide bonds. The molecule has 0 aromatic carbocycles. The molecule has 2 aromatic heterocycles. The van der Waals surface area contributed by atoms with E-state index in [9.17, 15) is 10.1 Å². The fourth-order valence-corrected chi connectivity index (χ4v) is 3.31. The zero-order valence-electron chi connectivity index (χ0n) is 14.8. The van der Waals surface area contributed by atoms with E-state index in [-0.39, 0.29) is 18.3 Å². The van der Waals surface area contributed by atoms with E-state index in [4.69, 9.17) is 4.42 Å². The van der Waals surface area contributed by atoms with Crippen LogP contribution in [0, 0.1) is 32.1 Å². The quantitative estimate of drug-likeness (QED) is 0.891. The molecule has 1 aliphatic rings. The standard InChI is InChI=1S/C18H23N5O2/c1-11-7-16(22-21-11)14-5-4-6-23(9-14)10-17(24)20-18-15(8-19)12(2)13(3)25-18/h7,14H,4-6,9-10H2,1-3H3,(H,20,24)(H,21,22). The van der Waals surface area contributed by atoms with Crippen molar-refractivity contribution in [2.24, 2.45) is 0 Å². The first-order valence-electron chi connectivity index (χ1n) is 8.52. The Morgan fingerprint density at radius 1 is 1.52 bits per heavy atom. The molecule has 3 heterocycles. The summed E-state index contributed by atoms with van der Waals surface area (Å²) in [5.41, 5.74) is 3.28. The smallest absolute Gasteiger partial charge is 0.240 e. The van der Waals surface area contributed by atoms with Crippen LogP contribution in [0.2, 0.25) is 0 Å². The van der Waals surface area contributed by atoms with Crippen LogP contribution in [0.1, 0.15) is 47.0 Å². The Morgan fingerprint density at radius 3 is 3.00 bits per heavy atom. The van der Waals surface area contributed by atoms with Gasteiger partial charge in [0.05, 0.1) is 12.2 Å². The predicted molar refractivity (Wildman–Crippen MR) is 93.3 cm³/mol. The molecule has 132 valence electrons. The maximum Gasteiger partial charge on any atom is 0.240 e. The first-order chi connectivity index (χ1) is 12.0. The van der Waals surface area contributed by atoms with Crippen LogP contribution in [0.4, 0.5) is 5.88 Å². The van der Waals surface area contributed by atoms with Gasteiger partial charge in [-0.1, -0.05) is 0 Å². The highest BCUT2D eigenvalue weighted by molar-refractivity contribution is 5.92. The summed E-state index contributed by atoms with van der Waals surface area (Å²) in [6.45, 7) is 7.56. The van der Waals surface area contributed by atoms with Crippen LogP contribution in [0.3, 0.4) is 0 Å². The lowest BCUT2D eigenvalue weighted by atomic mass is 9.94. The van der Waals surface area contributed by atoms with E-state index < -0.39 is 0 Å². The maximum atomic E-state index is 12.4. The number of nitrogens with zero attached hydrogens (tertiary/aromatic N) is 3. The van der Waals surface area contributed by atoms with Crippen molar-refractivity contribution in [2.45, 2.75) is 39.5 Å². The van der Waals surface area contributed by atoms with Crippen molar-refractivity contribution >= 4 is 11.8 Å². The minimum absolute atomic E-state index is 0.163. The Morgan fingerprint density at radius 2 is 2.32 bits per heavy atom. The number of furan rings is 1. The highest BCUT2D eigenvalue weighted by Crippen LogP contribution is 2.27. The molecule has 0 saturated carbocycles. The highest BCUT2D eigenvalue weighted by Gasteiger charge is 2.25. The second kappa shape index (κ2) is 7.11. The summed E-state index contributed by atoms with van der Waals surface area (Å²) in [5, 5.41) is 19.3. The number of likely N-dealkylation sites (tertiary alicyclic amines) is 1. The lowest BCUT2D eigenvalue weighted by Gasteiger charge is -2.31. The van der Waals surface area contributed by atoms with Crippen LogP contribution in [0.15, 0.2) is 10.5 Å². The molecule has 0 bridgehead atoms. The average molecular weight is 341 g/mol. The van der Waals surface area contributed by atoms with Gasteiger partial charge in [-0.3, -0.25) is 20.1 Å². The molecule has 7 heteroatoms. The number of H-pyrrole nitrogens is 1. The van der Waals surface area contributed by atoms with Crippen LogP contribution >= 0.6 is 0 Å². The number of piperidine rings is 1. The zero-order chi connectivity index (χ0) is 18.0. The van der Waals surface area contributed by atoms with Crippen molar-refractivity contribution < 1.29 is 9.21 Å². The first-order valence-corrected chi connectivity index (χ1v) is 8.52. The number of hydrogen-bond donors (Lipinski definition) is 2. The van der Waals surface area contributed by atoms with Gasteiger partial charge in [-0.15, -0.1) is 0 Å². The first kappa shape index (κ1) is 17.2. The fraction of sp³-hybridized carbons (Fsp3) is 0.500. The van der Waals surface area contributed by atoms with Gasteiger partial charge in [-0.2, -0.15) is 10.4 Å². The number of aromatic nitrogens is 2. The van der Waals surface area contributed by atoms with Gasteiger partial charge in [0.25, 0.3) is 0 Å². The number of amides is 1. The third-order valence-electron chi connectivity index (χ3n) is 4.77. The molecule has 7 nitrogen and oxygen atoms in total. The normalized spacial score (nSPS) is 18.1. The van der Waals surface area contributed by atoms with E-state index in [0.717, 1.165) is 42.9 Å². The summed E-state index contributed by atoms with van der Waals surface area (Å²) >= 11 is 0. The summed E-state index contributed by atoms with van der Waals surface area (Å²) in [6, 6.07) is 4.16. The molecule has 0 spiro atoms. The summed E-state index contributed by atoms with van der Waals surface area (Å²) in [7, 11) is 0. The molecule has 1 saturated heterocycles. The molecule has 1 atom stereocenters. The molecule has 3 rings (SSSR count). The SMILES string of the molecule is Cc1cc(C2CCCN(CC(=O)Nc3oc(C)c(C)c3C#N)C2)n[nH]1. The fourth-order valence-electron chi connectivity index (χ4n) is 3.31. The minimum atomic E-state index is -0.163. The Bertz CT molecular complexity index is 814. The molecule has 1 aliphatic heterocycles. The van der Waals surface area contributed by atoms with Gasteiger partial charge in [0, 0.05) is 23.7 Å². The Balaban J connectivity index is 1.61. The van der Waals surface area contributed by atoms with Crippen LogP contribution in [-0.4, -0.2) is 40.6 Å². The van der Waals surface area contributed by atoms with Crippen LogP contribution in [0.25, 0.3) is 0 Å². The number of nitriles is 1. The molecule has 1 unspecified atom stereocenters. The Labute approximate surface area is 147 Å². The van der Waals surface area contributed by atoms with Gasteiger partial charge >= 0.3 is 0 Å². The Kier molecular flexibility index (Phi) is 4.91. The Hall–Kier alpha value is -2.59. The van der Waals surface area contributed by atoms with Gasteiger partial charge in [0.15, 0.2) is 0 Å². The second-order valence-electron chi connectivity index (χ2n) is 6.70. The van der Waals surface area contributed by atoms with Crippen molar-refractivity contribution in [3.05, 3.63) is 34.3 Å². The van der Waals surface area contributed by atoms with Crippen LogP contribution < -0.4 is 5.32 Å². The number of anilines is 1. The lowest BCUT2D eigenvalue weighted by molar-refractivity contribution is -0.117. The summed E-state index contributed by atoms with van der Waals surface area (Å²) < 4.78 is 5.50. The van der Waals surface area contributed by atoms with E-state index in [1.807, 2.05) is 13.8 Å². The molecule has 2 aromatic rings. The summed E-state index contributed by atoms with van der Waals surface area (Å²) in [6.07, 6.45) is 2.11. The highest BCUT2D eigenvalue weighted by atomic mass is 16.4. The van der Waals surface area contributed by atoms with E-state index in [2.05, 4.69) is 32.5 Å².